The van der Waals surface area contributed by atoms with Crippen LogP contribution in [0.3, 0.4) is 0 Å². The molecule has 4 rings (SSSR count). The van der Waals surface area contributed by atoms with Crippen LogP contribution >= 0.6 is 0 Å². The van der Waals surface area contributed by atoms with Crippen LogP contribution in [0.2, 0.25) is 0 Å². The number of benzene rings is 1. The van der Waals surface area contributed by atoms with Gasteiger partial charge >= 0.3 is 6.03 Å². The number of rotatable bonds is 8. The molecule has 168 valence electrons. The molecule has 3 atom stereocenters. The third-order valence-electron chi connectivity index (χ3n) is 5.51. The number of urea groups is 1. The number of anilines is 1. The van der Waals surface area contributed by atoms with Gasteiger partial charge in [-0.25, -0.2) is 4.79 Å². The van der Waals surface area contributed by atoms with E-state index in [2.05, 4.69) is 27.9 Å². The number of carbonyl (C=O) groups excluding carboxylic acids is 1. The Hall–Kier alpha value is -2.85. The van der Waals surface area contributed by atoms with Gasteiger partial charge in [0.2, 0.25) is 6.79 Å². The van der Waals surface area contributed by atoms with Gasteiger partial charge in [-0.3, -0.25) is 4.68 Å². The monoisotopic (exact) mass is 431 g/mol. The number of nitrogens with zero attached hydrogens (tertiary/aromatic N) is 3. The molecule has 0 bridgehead atoms. The number of hydrogen-bond acceptors (Lipinski definition) is 7. The fourth-order valence-electron chi connectivity index (χ4n) is 3.91. The predicted molar refractivity (Wildman–Crippen MR) is 112 cm³/mol. The molecule has 1 aromatic carbocycles. The summed E-state index contributed by atoms with van der Waals surface area (Å²) in [6, 6.07) is 4.60. The highest BCUT2D eigenvalue weighted by molar-refractivity contribution is 5.90. The molecule has 0 saturated carbocycles. The van der Waals surface area contributed by atoms with Crippen molar-refractivity contribution in [2.75, 3.05) is 18.7 Å². The molecule has 0 radical (unpaired) electrons. The molecule has 2 aromatic rings. The van der Waals surface area contributed by atoms with Crippen molar-refractivity contribution < 1.29 is 24.1 Å². The molecule has 0 unspecified atom stereocenters. The van der Waals surface area contributed by atoms with Crippen LogP contribution in [0.1, 0.15) is 38.3 Å². The molecule has 10 nitrogen and oxygen atoms in total. The van der Waals surface area contributed by atoms with E-state index in [-0.39, 0.29) is 31.6 Å². The van der Waals surface area contributed by atoms with Crippen molar-refractivity contribution in [1.29, 1.82) is 0 Å². The molecule has 1 aromatic heterocycles. The summed E-state index contributed by atoms with van der Waals surface area (Å²) in [5.74, 6) is 1.26. The van der Waals surface area contributed by atoms with Gasteiger partial charge in [0.15, 0.2) is 11.5 Å². The van der Waals surface area contributed by atoms with Crippen molar-refractivity contribution in [3.05, 3.63) is 30.1 Å². The van der Waals surface area contributed by atoms with Crippen molar-refractivity contribution in [2.45, 2.75) is 63.8 Å². The quantitative estimate of drug-likeness (QED) is 0.585. The van der Waals surface area contributed by atoms with Crippen LogP contribution in [-0.2, 0) is 17.7 Å². The van der Waals surface area contributed by atoms with Crippen LogP contribution < -0.4 is 20.1 Å². The first-order valence-corrected chi connectivity index (χ1v) is 10.8. The van der Waals surface area contributed by atoms with E-state index < -0.39 is 6.10 Å². The highest BCUT2D eigenvalue weighted by Crippen LogP contribution is 2.34. The maximum absolute atomic E-state index is 12.4. The fourth-order valence-corrected chi connectivity index (χ4v) is 3.91. The van der Waals surface area contributed by atoms with Gasteiger partial charge in [-0.15, -0.1) is 5.10 Å². The second kappa shape index (κ2) is 9.97. The maximum Gasteiger partial charge on any atom is 0.319 e. The normalized spacial score (nSPS) is 22.3. The second-order valence-electron chi connectivity index (χ2n) is 7.84. The molecule has 3 heterocycles. The molecule has 2 aliphatic rings. The smallest absolute Gasteiger partial charge is 0.319 e. The van der Waals surface area contributed by atoms with Crippen LogP contribution in [0.15, 0.2) is 24.4 Å². The van der Waals surface area contributed by atoms with Gasteiger partial charge in [0.1, 0.15) is 6.10 Å². The summed E-state index contributed by atoms with van der Waals surface area (Å²) in [5.41, 5.74) is 1.60. The van der Waals surface area contributed by atoms with E-state index in [1.165, 1.54) is 0 Å². The summed E-state index contributed by atoms with van der Waals surface area (Å²) in [6.45, 7) is 2.85. The van der Waals surface area contributed by atoms with Crippen molar-refractivity contribution in [1.82, 2.24) is 20.3 Å². The Morgan fingerprint density at radius 2 is 2.16 bits per heavy atom. The third-order valence-corrected chi connectivity index (χ3v) is 5.51. The number of nitrogens with one attached hydrogen (secondary N) is 2. The molecule has 2 aliphatic heterocycles. The van der Waals surface area contributed by atoms with Crippen LogP contribution in [0.5, 0.6) is 11.5 Å². The number of carbonyl (C=O) groups is 1. The fraction of sp³-hybridized carbons (Fsp3) is 0.571. The van der Waals surface area contributed by atoms with Crippen molar-refractivity contribution in [3.63, 3.8) is 0 Å². The molecule has 1 saturated heterocycles. The summed E-state index contributed by atoms with van der Waals surface area (Å²) < 4.78 is 18.5. The molecule has 2 amide bonds. The number of aliphatic hydroxyl groups is 1. The average Bonchev–Trinajstić information content (AvgIpc) is 3.42. The lowest BCUT2D eigenvalue weighted by Crippen LogP contribution is -2.52. The number of fused-ring (bicyclic) bond motifs is 1. The number of hydrogen-bond donors (Lipinski definition) is 3. The molecular formula is C21H29N5O5. The highest BCUT2D eigenvalue weighted by atomic mass is 16.7. The van der Waals surface area contributed by atoms with Crippen molar-refractivity contribution in [2.24, 2.45) is 0 Å². The minimum Gasteiger partial charge on any atom is -0.454 e. The average molecular weight is 431 g/mol. The lowest BCUT2D eigenvalue weighted by Gasteiger charge is -2.36. The van der Waals surface area contributed by atoms with Gasteiger partial charge in [0.05, 0.1) is 24.4 Å². The van der Waals surface area contributed by atoms with E-state index in [0.717, 1.165) is 37.8 Å². The second-order valence-corrected chi connectivity index (χ2v) is 7.84. The Bertz CT molecular complexity index is 889. The van der Waals surface area contributed by atoms with E-state index in [0.29, 0.717) is 23.7 Å². The Labute approximate surface area is 180 Å². The summed E-state index contributed by atoms with van der Waals surface area (Å²) in [4.78, 5) is 12.4. The zero-order chi connectivity index (χ0) is 21.6. The standard InChI is InChI=1S/C21H29N5O5/c1-2-3-15-11-26(25-24-15)9-8-16-5-6-17(20(12-27)31-16)23-21(28)22-14-4-7-18-19(10-14)30-13-29-18/h4,7,10-11,16-17,20,27H,2-3,5-6,8-9,12-13H2,1H3,(H2,22,23,28)/t16-,17+,20-/m1/s1. The molecule has 1 fully saturated rings. The first kappa shape index (κ1) is 21.4. The van der Waals surface area contributed by atoms with Crippen molar-refractivity contribution in [3.8, 4) is 11.5 Å². The summed E-state index contributed by atoms with van der Waals surface area (Å²) >= 11 is 0. The summed E-state index contributed by atoms with van der Waals surface area (Å²) in [6.07, 6.45) is 5.79. The lowest BCUT2D eigenvalue weighted by atomic mass is 9.97. The predicted octanol–water partition coefficient (Wildman–Crippen LogP) is 2.08. The van der Waals surface area contributed by atoms with Crippen LogP contribution in [0.4, 0.5) is 10.5 Å². The molecule has 0 spiro atoms. The molecule has 31 heavy (non-hydrogen) atoms. The van der Waals surface area contributed by atoms with E-state index in [9.17, 15) is 9.90 Å². The zero-order valence-corrected chi connectivity index (χ0v) is 17.6. The summed E-state index contributed by atoms with van der Waals surface area (Å²) in [5, 5.41) is 23.8. The zero-order valence-electron chi connectivity index (χ0n) is 17.6. The van der Waals surface area contributed by atoms with Gasteiger partial charge in [0.25, 0.3) is 0 Å². The topological polar surface area (TPSA) is 120 Å². The van der Waals surface area contributed by atoms with Gasteiger partial charge < -0.3 is 30.0 Å². The van der Waals surface area contributed by atoms with Crippen LogP contribution in [0, 0.1) is 0 Å². The van der Waals surface area contributed by atoms with Gasteiger partial charge in [-0.1, -0.05) is 18.6 Å². The number of amides is 2. The Morgan fingerprint density at radius 3 is 3.00 bits per heavy atom. The van der Waals surface area contributed by atoms with Crippen LogP contribution in [-0.4, -0.2) is 57.8 Å². The van der Waals surface area contributed by atoms with E-state index >= 15 is 0 Å². The first-order valence-electron chi connectivity index (χ1n) is 10.8. The third kappa shape index (κ3) is 5.45. The number of aryl methyl sites for hydroxylation is 2. The summed E-state index contributed by atoms with van der Waals surface area (Å²) in [7, 11) is 0. The molecule has 3 N–H and O–H groups in total. The van der Waals surface area contributed by atoms with E-state index in [1.54, 1.807) is 18.2 Å². The molecule has 10 heteroatoms. The van der Waals surface area contributed by atoms with E-state index in [4.69, 9.17) is 14.2 Å². The maximum atomic E-state index is 12.4. The van der Waals surface area contributed by atoms with Gasteiger partial charge in [0, 0.05) is 24.5 Å². The van der Waals surface area contributed by atoms with Crippen LogP contribution in [0.25, 0.3) is 0 Å². The SMILES string of the molecule is CCCc1cn(CC[C@H]2CC[C@H](NC(=O)Nc3ccc4c(c3)OCO4)[C@@H](CO)O2)nn1. The lowest BCUT2D eigenvalue weighted by molar-refractivity contribution is -0.0905. The van der Waals surface area contributed by atoms with Gasteiger partial charge in [-0.05, 0) is 37.8 Å². The Balaban J connectivity index is 1.24. The Kier molecular flexibility index (Phi) is 6.88. The number of ether oxygens (including phenoxy) is 3. The highest BCUT2D eigenvalue weighted by Gasteiger charge is 2.32. The number of aliphatic hydroxyl groups excluding tert-OH is 1. The van der Waals surface area contributed by atoms with Crippen molar-refractivity contribution >= 4 is 11.7 Å². The van der Waals surface area contributed by atoms with Gasteiger partial charge in [-0.2, -0.15) is 0 Å². The molecule has 0 aliphatic carbocycles. The molecular weight excluding hydrogens is 402 g/mol. The largest absolute Gasteiger partial charge is 0.454 e. The number of aromatic nitrogens is 3. The minimum absolute atomic E-state index is 0.00551. The Morgan fingerprint density at radius 1 is 1.29 bits per heavy atom. The first-order chi connectivity index (χ1) is 15.1. The van der Waals surface area contributed by atoms with E-state index in [1.807, 2.05) is 10.9 Å². The minimum atomic E-state index is -0.451.